The molecule has 5 unspecified atom stereocenters. The summed E-state index contributed by atoms with van der Waals surface area (Å²) in [4.78, 5) is 25.5. The molecule has 2 amide bonds. The summed E-state index contributed by atoms with van der Waals surface area (Å²) in [6.45, 7) is 2.88. The monoisotopic (exact) mass is 280 g/mol. The van der Waals surface area contributed by atoms with Gasteiger partial charge in [-0.3, -0.25) is 0 Å². The second-order valence-corrected chi connectivity index (χ2v) is 6.77. The van der Waals surface area contributed by atoms with E-state index in [1.165, 1.54) is 12.8 Å². The van der Waals surface area contributed by atoms with E-state index in [4.69, 9.17) is 0 Å². The van der Waals surface area contributed by atoms with Crippen LogP contribution < -0.4 is 5.32 Å². The van der Waals surface area contributed by atoms with E-state index in [2.05, 4.69) is 12.2 Å². The van der Waals surface area contributed by atoms with Crippen molar-refractivity contribution in [3.63, 3.8) is 0 Å². The van der Waals surface area contributed by atoms with Crippen molar-refractivity contribution in [1.29, 1.82) is 0 Å². The van der Waals surface area contributed by atoms with Gasteiger partial charge in [0.25, 0.3) is 0 Å². The van der Waals surface area contributed by atoms with Crippen LogP contribution in [0.5, 0.6) is 0 Å². The van der Waals surface area contributed by atoms with Gasteiger partial charge in [-0.05, 0) is 43.4 Å². The number of amides is 2. The van der Waals surface area contributed by atoms with Gasteiger partial charge in [-0.1, -0.05) is 19.8 Å². The highest BCUT2D eigenvalue weighted by atomic mass is 16.4. The summed E-state index contributed by atoms with van der Waals surface area (Å²) in [5, 5.41) is 12.3. The fourth-order valence-electron chi connectivity index (χ4n) is 3.97. The van der Waals surface area contributed by atoms with E-state index in [9.17, 15) is 14.7 Å². The molecule has 0 spiro atoms. The molecule has 3 fully saturated rings. The van der Waals surface area contributed by atoms with Gasteiger partial charge in [0.1, 0.15) is 6.04 Å². The molecule has 5 nitrogen and oxygen atoms in total. The molecule has 3 aliphatic rings. The van der Waals surface area contributed by atoms with Crippen LogP contribution in [0.3, 0.4) is 0 Å². The number of rotatable bonds is 3. The van der Waals surface area contributed by atoms with Crippen LogP contribution in [0.2, 0.25) is 0 Å². The zero-order valence-electron chi connectivity index (χ0n) is 12.0. The van der Waals surface area contributed by atoms with Gasteiger partial charge in [-0.2, -0.15) is 0 Å². The zero-order valence-corrected chi connectivity index (χ0v) is 12.0. The zero-order chi connectivity index (χ0) is 14.3. The normalized spacial score (nSPS) is 39.2. The molecule has 0 aromatic carbocycles. The SMILES string of the molecule is CC1CC1CNC(=O)N1C(C(=O)O)CC2CCCCC21. The second kappa shape index (κ2) is 5.26. The minimum Gasteiger partial charge on any atom is -0.480 e. The van der Waals surface area contributed by atoms with Gasteiger partial charge in [0.2, 0.25) is 0 Å². The lowest BCUT2D eigenvalue weighted by molar-refractivity contribution is -0.141. The van der Waals surface area contributed by atoms with Crippen molar-refractivity contribution in [2.24, 2.45) is 17.8 Å². The average Bonchev–Trinajstić information content (AvgIpc) is 2.99. The van der Waals surface area contributed by atoms with E-state index < -0.39 is 12.0 Å². The highest BCUT2D eigenvalue weighted by Gasteiger charge is 2.47. The van der Waals surface area contributed by atoms with Gasteiger partial charge in [0, 0.05) is 12.6 Å². The largest absolute Gasteiger partial charge is 0.480 e. The molecule has 1 saturated heterocycles. The maximum Gasteiger partial charge on any atom is 0.326 e. The van der Waals surface area contributed by atoms with E-state index in [1.54, 1.807) is 4.90 Å². The number of carbonyl (C=O) groups is 2. The molecule has 0 aromatic rings. The Kier molecular flexibility index (Phi) is 3.61. The quantitative estimate of drug-likeness (QED) is 0.831. The highest BCUT2D eigenvalue weighted by Crippen LogP contribution is 2.40. The first kappa shape index (κ1) is 13.7. The van der Waals surface area contributed by atoms with Crippen molar-refractivity contribution in [3.05, 3.63) is 0 Å². The maximum absolute atomic E-state index is 12.4. The predicted octanol–water partition coefficient (Wildman–Crippen LogP) is 2.07. The Balaban J connectivity index is 1.66. The van der Waals surface area contributed by atoms with Crippen molar-refractivity contribution in [1.82, 2.24) is 10.2 Å². The van der Waals surface area contributed by atoms with E-state index in [1.807, 2.05) is 0 Å². The predicted molar refractivity (Wildman–Crippen MR) is 74.3 cm³/mol. The van der Waals surface area contributed by atoms with Crippen LogP contribution >= 0.6 is 0 Å². The van der Waals surface area contributed by atoms with Crippen LogP contribution in [0.4, 0.5) is 4.79 Å². The molecular formula is C15H24N2O3. The first-order valence-corrected chi connectivity index (χ1v) is 7.87. The topological polar surface area (TPSA) is 69.6 Å². The van der Waals surface area contributed by atoms with E-state index >= 15 is 0 Å². The van der Waals surface area contributed by atoms with Crippen LogP contribution in [-0.2, 0) is 4.79 Å². The number of carboxylic acids is 1. The summed E-state index contributed by atoms with van der Waals surface area (Å²) in [6, 6.07) is -0.646. The molecule has 2 N–H and O–H groups in total. The van der Waals surface area contributed by atoms with E-state index in [-0.39, 0.29) is 12.1 Å². The number of hydrogen-bond acceptors (Lipinski definition) is 2. The van der Waals surface area contributed by atoms with Crippen LogP contribution in [0, 0.1) is 17.8 Å². The van der Waals surface area contributed by atoms with Crippen molar-refractivity contribution in [3.8, 4) is 0 Å². The molecule has 5 atom stereocenters. The Bertz CT molecular complexity index is 412. The van der Waals surface area contributed by atoms with Crippen molar-refractivity contribution < 1.29 is 14.7 Å². The first-order chi connectivity index (χ1) is 9.58. The summed E-state index contributed by atoms with van der Waals surface area (Å²) in [5.74, 6) is 0.823. The van der Waals surface area contributed by atoms with Gasteiger partial charge in [-0.25, -0.2) is 9.59 Å². The molecular weight excluding hydrogens is 256 g/mol. The Hall–Kier alpha value is -1.26. The van der Waals surface area contributed by atoms with E-state index in [0.29, 0.717) is 30.7 Å². The van der Waals surface area contributed by atoms with Crippen LogP contribution in [0.1, 0.15) is 45.4 Å². The molecule has 1 heterocycles. The number of carboxylic acid groups (broad SMARTS) is 1. The first-order valence-electron chi connectivity index (χ1n) is 7.87. The maximum atomic E-state index is 12.4. The number of nitrogens with one attached hydrogen (secondary N) is 1. The van der Waals surface area contributed by atoms with Gasteiger partial charge < -0.3 is 15.3 Å². The van der Waals surface area contributed by atoms with E-state index in [0.717, 1.165) is 19.3 Å². The smallest absolute Gasteiger partial charge is 0.326 e. The van der Waals surface area contributed by atoms with Gasteiger partial charge >= 0.3 is 12.0 Å². The van der Waals surface area contributed by atoms with Crippen molar-refractivity contribution in [2.75, 3.05) is 6.54 Å². The third kappa shape index (κ3) is 2.50. The fourth-order valence-corrected chi connectivity index (χ4v) is 3.97. The lowest BCUT2D eigenvalue weighted by Crippen LogP contribution is -2.51. The Morgan fingerprint density at radius 2 is 1.95 bits per heavy atom. The summed E-state index contributed by atoms with van der Waals surface area (Å²) in [6.07, 6.45) is 6.11. The summed E-state index contributed by atoms with van der Waals surface area (Å²) in [7, 11) is 0. The summed E-state index contributed by atoms with van der Waals surface area (Å²) in [5.41, 5.74) is 0. The molecule has 0 aromatic heterocycles. The van der Waals surface area contributed by atoms with Crippen molar-refractivity contribution in [2.45, 2.75) is 57.5 Å². The van der Waals surface area contributed by atoms with Gasteiger partial charge in [0.15, 0.2) is 0 Å². The van der Waals surface area contributed by atoms with Crippen LogP contribution in [0.15, 0.2) is 0 Å². The number of fused-ring (bicyclic) bond motifs is 1. The molecule has 0 radical (unpaired) electrons. The second-order valence-electron chi connectivity index (χ2n) is 6.77. The minimum absolute atomic E-state index is 0.140. The molecule has 2 aliphatic carbocycles. The number of carbonyl (C=O) groups excluding carboxylic acids is 1. The molecule has 20 heavy (non-hydrogen) atoms. The van der Waals surface area contributed by atoms with Crippen molar-refractivity contribution >= 4 is 12.0 Å². The summed E-state index contributed by atoms with van der Waals surface area (Å²) < 4.78 is 0. The Labute approximate surface area is 119 Å². The number of aliphatic carboxylic acids is 1. The standard InChI is InChI=1S/C15H24N2O3/c1-9-6-11(9)8-16-15(20)17-12-5-3-2-4-10(12)7-13(17)14(18)19/h9-13H,2-8H2,1H3,(H,16,20)(H,18,19). The number of likely N-dealkylation sites (tertiary alicyclic amines) is 1. The fraction of sp³-hybridized carbons (Fsp3) is 0.867. The number of hydrogen-bond donors (Lipinski definition) is 2. The van der Waals surface area contributed by atoms with Gasteiger partial charge in [-0.15, -0.1) is 0 Å². The van der Waals surface area contributed by atoms with Crippen LogP contribution in [0.25, 0.3) is 0 Å². The lowest BCUT2D eigenvalue weighted by atomic mass is 9.85. The molecule has 5 heteroatoms. The third-order valence-corrected chi connectivity index (χ3v) is 5.40. The Morgan fingerprint density at radius 1 is 1.25 bits per heavy atom. The number of urea groups is 1. The molecule has 2 saturated carbocycles. The third-order valence-electron chi connectivity index (χ3n) is 5.40. The average molecular weight is 280 g/mol. The molecule has 1 aliphatic heterocycles. The lowest BCUT2D eigenvalue weighted by Gasteiger charge is -2.33. The molecule has 0 bridgehead atoms. The van der Waals surface area contributed by atoms with Gasteiger partial charge in [0.05, 0.1) is 0 Å². The highest BCUT2D eigenvalue weighted by molar-refractivity contribution is 5.83. The molecule has 3 rings (SSSR count). The van der Waals surface area contributed by atoms with Crippen LogP contribution in [-0.4, -0.2) is 40.6 Å². The molecule has 112 valence electrons. The number of nitrogens with zero attached hydrogens (tertiary/aromatic N) is 1. The minimum atomic E-state index is -0.852. The summed E-state index contributed by atoms with van der Waals surface area (Å²) >= 11 is 0. The Morgan fingerprint density at radius 3 is 2.60 bits per heavy atom.